The SMILES string of the molecule is COc1ccc(NC(=O)[C@H](C)Oc2ccc(F)cc2F)c(OC)c1. The van der Waals surface area contributed by atoms with Gasteiger partial charge in [-0.2, -0.15) is 0 Å². The number of anilines is 1. The number of ether oxygens (including phenoxy) is 3. The molecule has 0 radical (unpaired) electrons. The van der Waals surface area contributed by atoms with Gasteiger partial charge in [-0.25, -0.2) is 8.78 Å². The van der Waals surface area contributed by atoms with Crippen LogP contribution in [0.1, 0.15) is 6.92 Å². The molecule has 2 rings (SSSR count). The molecule has 0 fully saturated rings. The minimum Gasteiger partial charge on any atom is -0.497 e. The number of hydrogen-bond donors (Lipinski definition) is 1. The minimum absolute atomic E-state index is 0.208. The van der Waals surface area contributed by atoms with Crippen LogP contribution in [0.4, 0.5) is 14.5 Å². The first-order valence-corrected chi connectivity index (χ1v) is 7.09. The van der Waals surface area contributed by atoms with E-state index >= 15 is 0 Å². The first-order valence-electron chi connectivity index (χ1n) is 7.09. The minimum atomic E-state index is -1.00. The molecule has 0 saturated heterocycles. The maximum absolute atomic E-state index is 13.6. The van der Waals surface area contributed by atoms with Crippen LogP contribution in [-0.4, -0.2) is 26.2 Å². The molecule has 0 aliphatic carbocycles. The van der Waals surface area contributed by atoms with Crippen molar-refractivity contribution in [2.45, 2.75) is 13.0 Å². The molecule has 2 aromatic carbocycles. The fourth-order valence-corrected chi connectivity index (χ4v) is 1.95. The van der Waals surface area contributed by atoms with E-state index in [4.69, 9.17) is 14.2 Å². The van der Waals surface area contributed by atoms with Crippen LogP contribution in [0.5, 0.6) is 17.2 Å². The molecule has 0 aliphatic rings. The van der Waals surface area contributed by atoms with E-state index in [1.54, 1.807) is 18.2 Å². The number of rotatable bonds is 6. The Bertz CT molecular complexity index is 737. The molecular formula is C17H17F2NO4. The highest BCUT2D eigenvalue weighted by Crippen LogP contribution is 2.29. The van der Waals surface area contributed by atoms with Crippen molar-refractivity contribution < 1.29 is 27.8 Å². The quantitative estimate of drug-likeness (QED) is 0.878. The summed E-state index contributed by atoms with van der Waals surface area (Å²) in [5, 5.41) is 2.62. The van der Waals surface area contributed by atoms with Crippen LogP contribution in [0.3, 0.4) is 0 Å². The summed E-state index contributed by atoms with van der Waals surface area (Å²) in [6, 6.07) is 7.75. The van der Waals surface area contributed by atoms with Gasteiger partial charge in [-0.05, 0) is 31.2 Å². The molecule has 0 unspecified atom stereocenters. The predicted octanol–water partition coefficient (Wildman–Crippen LogP) is 3.39. The Balaban J connectivity index is 2.08. The number of hydrogen-bond acceptors (Lipinski definition) is 4. The summed E-state index contributed by atoms with van der Waals surface area (Å²) in [5.74, 6) is -1.34. The van der Waals surface area contributed by atoms with Gasteiger partial charge in [-0.1, -0.05) is 0 Å². The Morgan fingerprint density at radius 1 is 1.04 bits per heavy atom. The summed E-state index contributed by atoms with van der Waals surface area (Å²) in [5.41, 5.74) is 0.415. The molecule has 1 N–H and O–H groups in total. The van der Waals surface area contributed by atoms with Crippen LogP contribution < -0.4 is 19.5 Å². The molecule has 2 aromatic rings. The van der Waals surface area contributed by atoms with Crippen molar-refractivity contribution in [1.29, 1.82) is 0 Å². The molecule has 0 bridgehead atoms. The number of carbonyl (C=O) groups excluding carboxylic acids is 1. The number of methoxy groups -OCH3 is 2. The molecular weight excluding hydrogens is 320 g/mol. The smallest absolute Gasteiger partial charge is 0.265 e. The summed E-state index contributed by atoms with van der Waals surface area (Å²) in [7, 11) is 2.97. The van der Waals surface area contributed by atoms with Gasteiger partial charge < -0.3 is 19.5 Å². The first-order chi connectivity index (χ1) is 11.4. The lowest BCUT2D eigenvalue weighted by Crippen LogP contribution is -2.30. The monoisotopic (exact) mass is 337 g/mol. The summed E-state index contributed by atoms with van der Waals surface area (Å²) < 4.78 is 41.9. The van der Waals surface area contributed by atoms with Gasteiger partial charge in [0.1, 0.15) is 17.3 Å². The standard InChI is InChI=1S/C17H17F2NO4/c1-10(24-15-7-4-11(18)8-13(15)19)17(21)20-14-6-5-12(22-2)9-16(14)23-3/h4-10H,1-3H3,(H,20,21)/t10-/m0/s1. The Morgan fingerprint density at radius 2 is 1.79 bits per heavy atom. The first kappa shape index (κ1) is 17.5. The Morgan fingerprint density at radius 3 is 2.42 bits per heavy atom. The van der Waals surface area contributed by atoms with E-state index in [-0.39, 0.29) is 5.75 Å². The van der Waals surface area contributed by atoms with E-state index in [9.17, 15) is 13.6 Å². The highest BCUT2D eigenvalue weighted by atomic mass is 19.1. The van der Waals surface area contributed by atoms with E-state index in [1.165, 1.54) is 21.1 Å². The van der Waals surface area contributed by atoms with Gasteiger partial charge in [-0.15, -0.1) is 0 Å². The van der Waals surface area contributed by atoms with Crippen molar-refractivity contribution in [3.8, 4) is 17.2 Å². The van der Waals surface area contributed by atoms with Crippen LogP contribution in [0.2, 0.25) is 0 Å². The van der Waals surface area contributed by atoms with Crippen molar-refractivity contribution >= 4 is 11.6 Å². The molecule has 1 atom stereocenters. The molecule has 5 nitrogen and oxygen atoms in total. The predicted molar refractivity (Wildman–Crippen MR) is 84.6 cm³/mol. The fraction of sp³-hybridized carbons (Fsp3) is 0.235. The average Bonchev–Trinajstić information content (AvgIpc) is 2.57. The summed E-state index contributed by atoms with van der Waals surface area (Å²) >= 11 is 0. The third kappa shape index (κ3) is 4.13. The topological polar surface area (TPSA) is 56.8 Å². The Hall–Kier alpha value is -2.83. The second-order valence-corrected chi connectivity index (χ2v) is 4.89. The van der Waals surface area contributed by atoms with Gasteiger partial charge in [0.05, 0.1) is 19.9 Å². The van der Waals surface area contributed by atoms with E-state index in [0.29, 0.717) is 23.3 Å². The number of carbonyl (C=O) groups is 1. The normalized spacial score (nSPS) is 11.5. The summed E-state index contributed by atoms with van der Waals surface area (Å²) in [4.78, 5) is 12.2. The Labute approximate surface area is 138 Å². The highest BCUT2D eigenvalue weighted by molar-refractivity contribution is 5.95. The molecule has 0 spiro atoms. The van der Waals surface area contributed by atoms with Crippen LogP contribution in [0, 0.1) is 11.6 Å². The van der Waals surface area contributed by atoms with Gasteiger partial charge in [0.25, 0.3) is 5.91 Å². The zero-order valence-electron chi connectivity index (χ0n) is 13.4. The zero-order valence-corrected chi connectivity index (χ0v) is 13.4. The third-order valence-corrected chi connectivity index (χ3v) is 3.23. The molecule has 7 heteroatoms. The molecule has 128 valence electrons. The van der Waals surface area contributed by atoms with E-state index in [1.807, 2.05) is 0 Å². The summed E-state index contributed by atoms with van der Waals surface area (Å²) in [6.45, 7) is 1.45. The third-order valence-electron chi connectivity index (χ3n) is 3.23. The van der Waals surface area contributed by atoms with Crippen LogP contribution in [0.25, 0.3) is 0 Å². The van der Waals surface area contributed by atoms with Crippen molar-refractivity contribution in [3.63, 3.8) is 0 Å². The zero-order chi connectivity index (χ0) is 17.7. The van der Waals surface area contributed by atoms with E-state index < -0.39 is 23.6 Å². The van der Waals surface area contributed by atoms with E-state index in [0.717, 1.165) is 12.1 Å². The second kappa shape index (κ2) is 7.63. The second-order valence-electron chi connectivity index (χ2n) is 4.89. The number of halogens is 2. The van der Waals surface area contributed by atoms with Gasteiger partial charge >= 0.3 is 0 Å². The Kier molecular flexibility index (Phi) is 5.57. The number of nitrogens with one attached hydrogen (secondary N) is 1. The number of benzene rings is 2. The van der Waals surface area contributed by atoms with Crippen LogP contribution in [-0.2, 0) is 4.79 Å². The average molecular weight is 337 g/mol. The lowest BCUT2D eigenvalue weighted by atomic mass is 10.2. The van der Waals surface area contributed by atoms with Crippen molar-refractivity contribution in [3.05, 3.63) is 48.0 Å². The van der Waals surface area contributed by atoms with Gasteiger partial charge in [0.15, 0.2) is 17.7 Å². The maximum Gasteiger partial charge on any atom is 0.265 e. The van der Waals surface area contributed by atoms with Crippen molar-refractivity contribution in [2.24, 2.45) is 0 Å². The van der Waals surface area contributed by atoms with Gasteiger partial charge in [0, 0.05) is 12.1 Å². The highest BCUT2D eigenvalue weighted by Gasteiger charge is 2.18. The molecule has 0 aliphatic heterocycles. The largest absolute Gasteiger partial charge is 0.497 e. The van der Waals surface area contributed by atoms with Crippen molar-refractivity contribution in [2.75, 3.05) is 19.5 Å². The summed E-state index contributed by atoms with van der Waals surface area (Å²) in [6.07, 6.45) is -1.00. The van der Waals surface area contributed by atoms with Crippen LogP contribution >= 0.6 is 0 Å². The van der Waals surface area contributed by atoms with Crippen LogP contribution in [0.15, 0.2) is 36.4 Å². The van der Waals surface area contributed by atoms with Crippen molar-refractivity contribution in [1.82, 2.24) is 0 Å². The fourth-order valence-electron chi connectivity index (χ4n) is 1.95. The molecule has 0 aromatic heterocycles. The molecule has 0 heterocycles. The van der Waals surface area contributed by atoms with E-state index in [2.05, 4.69) is 5.32 Å². The lowest BCUT2D eigenvalue weighted by Gasteiger charge is -2.17. The molecule has 0 saturated carbocycles. The molecule has 24 heavy (non-hydrogen) atoms. The maximum atomic E-state index is 13.6. The molecule has 1 amide bonds. The number of amides is 1. The lowest BCUT2D eigenvalue weighted by molar-refractivity contribution is -0.122. The van der Waals surface area contributed by atoms with Gasteiger partial charge in [-0.3, -0.25) is 4.79 Å². The van der Waals surface area contributed by atoms with Gasteiger partial charge in [0.2, 0.25) is 0 Å².